The lowest BCUT2D eigenvalue weighted by Gasteiger charge is -2.23. The van der Waals surface area contributed by atoms with Gasteiger partial charge in [-0.3, -0.25) is 4.79 Å². The Hall–Kier alpha value is -1.28. The molecule has 0 radical (unpaired) electrons. The number of nitrogen functional groups attached to an aromatic ring is 1. The zero-order valence-corrected chi connectivity index (χ0v) is 12.8. The topological polar surface area (TPSA) is 102 Å². The van der Waals surface area contributed by atoms with Crippen LogP contribution in [0.15, 0.2) is 23.4 Å². The van der Waals surface area contributed by atoms with Crippen LogP contribution in [-0.2, 0) is 14.6 Å². The van der Waals surface area contributed by atoms with Gasteiger partial charge in [0.05, 0.1) is 28.5 Å². The van der Waals surface area contributed by atoms with Gasteiger partial charge < -0.3 is 11.1 Å². The molecule has 0 aliphatic carbocycles. The van der Waals surface area contributed by atoms with E-state index in [2.05, 4.69) is 10.3 Å². The maximum absolute atomic E-state index is 11.9. The Morgan fingerprint density at radius 2 is 2.35 bits per heavy atom. The summed E-state index contributed by atoms with van der Waals surface area (Å²) in [5.74, 6) is 0.0861. The highest BCUT2D eigenvalue weighted by Gasteiger charge is 2.39. The van der Waals surface area contributed by atoms with Crippen molar-refractivity contribution in [3.8, 4) is 0 Å². The number of amides is 1. The SMILES string of the molecule is CC1(NC(=O)CSc2ncccc2N)CCS(=O)(=O)C1. The predicted octanol–water partition coefficient (Wildman–Crippen LogP) is 0.449. The average Bonchev–Trinajstić information content (AvgIpc) is 2.62. The third-order valence-corrected chi connectivity index (χ3v) is 6.01. The molecule has 2 heterocycles. The van der Waals surface area contributed by atoms with E-state index in [4.69, 9.17) is 5.73 Å². The van der Waals surface area contributed by atoms with Gasteiger partial charge in [0.2, 0.25) is 5.91 Å². The molecule has 3 N–H and O–H groups in total. The van der Waals surface area contributed by atoms with Gasteiger partial charge in [-0.05, 0) is 25.5 Å². The highest BCUT2D eigenvalue weighted by molar-refractivity contribution is 8.00. The molecule has 1 aromatic rings. The Morgan fingerprint density at radius 1 is 1.60 bits per heavy atom. The standard InChI is InChI=1S/C12H17N3O3S2/c1-12(4-6-20(17,18)8-12)15-10(16)7-19-11-9(13)3-2-5-14-11/h2-3,5H,4,6-8,13H2,1H3,(H,15,16). The molecule has 20 heavy (non-hydrogen) atoms. The van der Waals surface area contributed by atoms with E-state index in [-0.39, 0.29) is 23.2 Å². The van der Waals surface area contributed by atoms with Crippen LogP contribution in [-0.4, -0.2) is 42.1 Å². The monoisotopic (exact) mass is 315 g/mol. The Bertz CT molecular complexity index is 618. The first-order valence-corrected chi connectivity index (χ1v) is 8.95. The number of pyridine rings is 1. The summed E-state index contributed by atoms with van der Waals surface area (Å²) in [6.45, 7) is 1.76. The fraction of sp³-hybridized carbons (Fsp3) is 0.500. The zero-order chi connectivity index (χ0) is 14.8. The molecule has 1 amide bonds. The number of nitrogens with two attached hydrogens (primary N) is 1. The van der Waals surface area contributed by atoms with Crippen LogP contribution in [0, 0.1) is 0 Å². The Kier molecular flexibility index (Phi) is 4.24. The lowest BCUT2D eigenvalue weighted by Crippen LogP contribution is -2.47. The van der Waals surface area contributed by atoms with Crippen LogP contribution in [0.25, 0.3) is 0 Å². The molecule has 6 nitrogen and oxygen atoms in total. The molecule has 0 bridgehead atoms. The van der Waals surface area contributed by atoms with Crippen LogP contribution < -0.4 is 11.1 Å². The number of aromatic nitrogens is 1. The van der Waals surface area contributed by atoms with E-state index < -0.39 is 15.4 Å². The van der Waals surface area contributed by atoms with E-state index in [9.17, 15) is 13.2 Å². The third kappa shape index (κ3) is 3.86. The average molecular weight is 315 g/mol. The minimum Gasteiger partial charge on any atom is -0.397 e. The molecule has 1 aliphatic heterocycles. The molecule has 1 aromatic heterocycles. The maximum atomic E-state index is 11.9. The molecule has 0 spiro atoms. The number of carbonyl (C=O) groups excluding carboxylic acids is 1. The zero-order valence-electron chi connectivity index (χ0n) is 11.1. The van der Waals surface area contributed by atoms with Gasteiger partial charge in [0.25, 0.3) is 0 Å². The molecule has 1 fully saturated rings. The Morgan fingerprint density at radius 3 is 2.95 bits per heavy atom. The number of carbonyl (C=O) groups is 1. The van der Waals surface area contributed by atoms with Crippen LogP contribution in [0.3, 0.4) is 0 Å². The highest BCUT2D eigenvalue weighted by atomic mass is 32.2. The van der Waals surface area contributed by atoms with Gasteiger partial charge in [0.15, 0.2) is 9.84 Å². The number of anilines is 1. The molecular formula is C12H17N3O3S2. The molecule has 2 rings (SSSR count). The van der Waals surface area contributed by atoms with Crippen LogP contribution in [0.1, 0.15) is 13.3 Å². The first-order valence-electron chi connectivity index (χ1n) is 6.14. The number of nitrogens with one attached hydrogen (secondary N) is 1. The van der Waals surface area contributed by atoms with Gasteiger partial charge in [-0.2, -0.15) is 0 Å². The van der Waals surface area contributed by atoms with E-state index in [0.717, 1.165) is 0 Å². The summed E-state index contributed by atoms with van der Waals surface area (Å²) < 4.78 is 22.9. The molecular weight excluding hydrogens is 298 g/mol. The second-order valence-electron chi connectivity index (χ2n) is 5.14. The summed E-state index contributed by atoms with van der Waals surface area (Å²) in [5.41, 5.74) is 5.60. The first kappa shape index (κ1) is 15.1. The van der Waals surface area contributed by atoms with Crippen molar-refractivity contribution in [2.24, 2.45) is 0 Å². The maximum Gasteiger partial charge on any atom is 0.230 e. The number of thioether (sulfide) groups is 1. The first-order chi connectivity index (χ1) is 9.30. The van der Waals surface area contributed by atoms with E-state index in [1.165, 1.54) is 11.8 Å². The normalized spacial score (nSPS) is 24.4. The minimum atomic E-state index is -3.03. The number of hydrogen-bond donors (Lipinski definition) is 2. The second-order valence-corrected chi connectivity index (χ2v) is 8.29. The van der Waals surface area contributed by atoms with E-state index in [0.29, 0.717) is 17.1 Å². The Labute approximate surface area is 122 Å². The smallest absolute Gasteiger partial charge is 0.230 e. The molecule has 110 valence electrons. The summed E-state index contributed by atoms with van der Waals surface area (Å²) in [6, 6.07) is 3.45. The number of nitrogens with zero attached hydrogens (tertiary/aromatic N) is 1. The highest BCUT2D eigenvalue weighted by Crippen LogP contribution is 2.24. The van der Waals surface area contributed by atoms with Crippen LogP contribution in [0.4, 0.5) is 5.69 Å². The predicted molar refractivity (Wildman–Crippen MR) is 79.2 cm³/mol. The van der Waals surface area contributed by atoms with Crippen LogP contribution in [0.5, 0.6) is 0 Å². The van der Waals surface area contributed by atoms with Gasteiger partial charge >= 0.3 is 0 Å². The lowest BCUT2D eigenvalue weighted by molar-refractivity contribution is -0.120. The van der Waals surface area contributed by atoms with Crippen molar-refractivity contribution >= 4 is 33.2 Å². The van der Waals surface area contributed by atoms with Crippen LogP contribution >= 0.6 is 11.8 Å². The molecule has 0 saturated carbocycles. The van der Waals surface area contributed by atoms with Gasteiger partial charge in [-0.25, -0.2) is 13.4 Å². The van der Waals surface area contributed by atoms with Gasteiger partial charge in [-0.1, -0.05) is 11.8 Å². The second kappa shape index (κ2) is 5.61. The summed E-state index contributed by atoms with van der Waals surface area (Å²) in [5, 5.41) is 3.40. The van der Waals surface area contributed by atoms with E-state index in [1.54, 1.807) is 25.3 Å². The van der Waals surface area contributed by atoms with Crippen LogP contribution in [0.2, 0.25) is 0 Å². The van der Waals surface area contributed by atoms with Gasteiger partial charge in [0, 0.05) is 6.20 Å². The number of hydrogen-bond acceptors (Lipinski definition) is 6. The number of sulfone groups is 1. The Balaban J connectivity index is 1.89. The van der Waals surface area contributed by atoms with Crippen molar-refractivity contribution in [1.29, 1.82) is 0 Å². The lowest BCUT2D eigenvalue weighted by atomic mass is 10.0. The minimum absolute atomic E-state index is 0.00212. The van der Waals surface area contributed by atoms with Crippen molar-refractivity contribution in [3.63, 3.8) is 0 Å². The fourth-order valence-corrected chi connectivity index (χ4v) is 4.94. The summed E-state index contributed by atoms with van der Waals surface area (Å²) in [6.07, 6.45) is 2.07. The number of rotatable bonds is 4. The van der Waals surface area contributed by atoms with Crippen molar-refractivity contribution in [2.75, 3.05) is 23.0 Å². The molecule has 1 unspecified atom stereocenters. The van der Waals surface area contributed by atoms with Gasteiger partial charge in [-0.15, -0.1) is 0 Å². The van der Waals surface area contributed by atoms with E-state index >= 15 is 0 Å². The van der Waals surface area contributed by atoms with Gasteiger partial charge in [0.1, 0.15) is 5.03 Å². The fourth-order valence-electron chi connectivity index (χ4n) is 2.14. The summed E-state index contributed by atoms with van der Waals surface area (Å²) >= 11 is 1.24. The molecule has 0 aromatic carbocycles. The van der Waals surface area contributed by atoms with Crippen molar-refractivity contribution < 1.29 is 13.2 Å². The van der Waals surface area contributed by atoms with Crippen molar-refractivity contribution in [2.45, 2.75) is 23.9 Å². The van der Waals surface area contributed by atoms with Crippen molar-refractivity contribution in [3.05, 3.63) is 18.3 Å². The van der Waals surface area contributed by atoms with E-state index in [1.807, 2.05) is 0 Å². The molecule has 1 saturated heterocycles. The summed E-state index contributed by atoms with van der Waals surface area (Å²) in [4.78, 5) is 16.0. The largest absolute Gasteiger partial charge is 0.397 e. The summed E-state index contributed by atoms with van der Waals surface area (Å²) in [7, 11) is -3.03. The molecule has 1 aliphatic rings. The third-order valence-electron chi connectivity index (χ3n) is 3.09. The molecule has 1 atom stereocenters. The van der Waals surface area contributed by atoms with Crippen molar-refractivity contribution in [1.82, 2.24) is 10.3 Å². The molecule has 8 heteroatoms. The quantitative estimate of drug-likeness (QED) is 0.782.